The van der Waals surface area contributed by atoms with Crippen LogP contribution >= 0.6 is 0 Å². The van der Waals surface area contributed by atoms with Crippen molar-refractivity contribution in [1.29, 1.82) is 0 Å². The number of hydrogen-bond donors (Lipinski definition) is 1. The number of unbranched alkanes of at least 4 members (excludes halogenated alkanes) is 1. The molecule has 0 spiro atoms. The smallest absolute Gasteiger partial charge is 0.410 e. The highest BCUT2D eigenvalue weighted by Gasteiger charge is 2.46. The summed E-state index contributed by atoms with van der Waals surface area (Å²) in [4.78, 5) is 28.9. The molecule has 3 atom stereocenters. The van der Waals surface area contributed by atoms with Crippen LogP contribution in [0.2, 0.25) is 0 Å². The second-order valence-corrected chi connectivity index (χ2v) is 15.6. The predicted molar refractivity (Wildman–Crippen MR) is 213 cm³/mol. The molecular formula is C43H53N7O6. The van der Waals surface area contributed by atoms with E-state index in [9.17, 15) is 9.90 Å². The van der Waals surface area contributed by atoms with E-state index in [0.717, 1.165) is 66.1 Å². The van der Waals surface area contributed by atoms with Crippen molar-refractivity contribution >= 4 is 17.6 Å². The number of nitrogens with zero attached hydrogens (tertiary/aromatic N) is 7. The SMILES string of the molecule is CCCCOc1nc(N(Cc2ccc(OC)cc2)Cc2ccc(OC)cc2)c2ncc(C(O)c3ccc(CN4C[C@@H]5C[C@H]4CN5C(=O)OC(C)(C)C)cc3)n2n1. The van der Waals surface area contributed by atoms with Crippen molar-refractivity contribution in [1.82, 2.24) is 29.4 Å². The Hall–Kier alpha value is -5.40. The third kappa shape index (κ3) is 8.84. The van der Waals surface area contributed by atoms with Crippen LogP contribution in [0.4, 0.5) is 10.6 Å². The van der Waals surface area contributed by atoms with Gasteiger partial charge in [0.15, 0.2) is 11.5 Å². The fourth-order valence-corrected chi connectivity index (χ4v) is 7.44. The average Bonchev–Trinajstić information content (AvgIpc) is 3.93. The second kappa shape index (κ2) is 16.8. The van der Waals surface area contributed by atoms with E-state index in [-0.39, 0.29) is 18.1 Å². The van der Waals surface area contributed by atoms with E-state index >= 15 is 0 Å². The lowest BCUT2D eigenvalue weighted by atomic mass is 10.0. The Balaban J connectivity index is 1.14. The van der Waals surface area contributed by atoms with Gasteiger partial charge in [0.1, 0.15) is 23.2 Å². The van der Waals surface area contributed by atoms with Gasteiger partial charge in [0.25, 0.3) is 0 Å². The number of carbonyl (C=O) groups is 1. The molecule has 5 aromatic rings. The molecule has 0 saturated carbocycles. The van der Waals surface area contributed by atoms with Crippen LogP contribution in [-0.4, -0.2) is 92.2 Å². The van der Waals surface area contributed by atoms with Crippen molar-refractivity contribution in [3.63, 3.8) is 0 Å². The fourth-order valence-electron chi connectivity index (χ4n) is 7.44. The number of ether oxygens (including phenoxy) is 4. The first-order valence-electron chi connectivity index (χ1n) is 19.4. The molecule has 2 aliphatic rings. The van der Waals surface area contributed by atoms with Gasteiger partial charge in [-0.2, -0.15) is 4.98 Å². The number of hydrogen-bond acceptors (Lipinski definition) is 11. The number of fused-ring (bicyclic) bond motifs is 3. The Labute approximate surface area is 328 Å². The first kappa shape index (κ1) is 38.9. The lowest BCUT2D eigenvalue weighted by Crippen LogP contribution is -2.49. The molecule has 2 aromatic heterocycles. The highest BCUT2D eigenvalue weighted by atomic mass is 16.6. The zero-order valence-corrected chi connectivity index (χ0v) is 33.2. The van der Waals surface area contributed by atoms with Crippen LogP contribution in [-0.2, 0) is 24.4 Å². The number of imidazole rings is 1. The largest absolute Gasteiger partial charge is 0.497 e. The van der Waals surface area contributed by atoms with Gasteiger partial charge >= 0.3 is 12.1 Å². The van der Waals surface area contributed by atoms with Gasteiger partial charge in [-0.3, -0.25) is 4.90 Å². The number of rotatable bonds is 15. The van der Waals surface area contributed by atoms with Gasteiger partial charge < -0.3 is 33.9 Å². The Morgan fingerprint density at radius 1 is 0.893 bits per heavy atom. The Bertz CT molecular complexity index is 2030. The standard InChI is InChI=1S/C43H53N7O6/c1-7-8-21-55-41-45-40(48(25-30-11-17-35(53-5)18-12-30)26-31-13-19-36(54-6)20-14-31)39-44-23-37(50(39)46-41)38(51)32-15-9-29(10-16-32)24-47-27-34-22-33(47)28-49(34)42(52)56-43(2,3)4/h9-20,23,33-34,38,51H,7-8,21-22,24-28H2,1-6H3/t33-,34-,38?/m0/s1. The summed E-state index contributed by atoms with van der Waals surface area (Å²) in [5.41, 5.74) is 4.46. The number of piperazine rings is 1. The van der Waals surface area contributed by atoms with E-state index < -0.39 is 11.7 Å². The summed E-state index contributed by atoms with van der Waals surface area (Å²) >= 11 is 0. The number of carbonyl (C=O) groups excluding carboxylic acids is 1. The van der Waals surface area contributed by atoms with Crippen molar-refractivity contribution in [2.75, 3.05) is 38.8 Å². The molecule has 7 rings (SSSR count). The number of aliphatic hydroxyl groups excluding tert-OH is 1. The molecule has 0 aliphatic carbocycles. The summed E-state index contributed by atoms with van der Waals surface area (Å²) < 4.78 is 24.2. The van der Waals surface area contributed by atoms with Crippen LogP contribution in [0.15, 0.2) is 79.0 Å². The van der Waals surface area contributed by atoms with Gasteiger partial charge in [0.05, 0.1) is 32.7 Å². The van der Waals surface area contributed by atoms with Gasteiger partial charge in [0.2, 0.25) is 0 Å². The zero-order valence-electron chi connectivity index (χ0n) is 33.2. The molecule has 2 fully saturated rings. The maximum Gasteiger partial charge on any atom is 0.410 e. The lowest BCUT2D eigenvalue weighted by Gasteiger charge is -2.35. The highest BCUT2D eigenvalue weighted by molar-refractivity contribution is 5.69. The molecule has 1 unspecified atom stereocenters. The van der Waals surface area contributed by atoms with Crippen molar-refractivity contribution in [3.8, 4) is 17.5 Å². The molecule has 2 aliphatic heterocycles. The highest BCUT2D eigenvalue weighted by Crippen LogP contribution is 2.34. The third-order valence-corrected chi connectivity index (χ3v) is 10.4. The molecular weight excluding hydrogens is 711 g/mol. The minimum Gasteiger partial charge on any atom is -0.497 e. The number of benzene rings is 3. The molecule has 1 N–H and O–H groups in total. The van der Waals surface area contributed by atoms with Crippen LogP contribution < -0.4 is 19.1 Å². The normalized spacial score (nSPS) is 17.3. The van der Waals surface area contributed by atoms with E-state index in [4.69, 9.17) is 34.0 Å². The maximum absolute atomic E-state index is 12.7. The molecule has 296 valence electrons. The quantitative estimate of drug-likeness (QED) is 0.113. The van der Waals surface area contributed by atoms with Crippen molar-refractivity contribution < 1.29 is 28.8 Å². The number of likely N-dealkylation sites (tertiary alicyclic amines) is 2. The van der Waals surface area contributed by atoms with Crippen LogP contribution in [0.5, 0.6) is 17.5 Å². The molecule has 1 amide bonds. The first-order chi connectivity index (χ1) is 27.0. The topological polar surface area (TPSA) is 127 Å². The molecule has 4 heterocycles. The van der Waals surface area contributed by atoms with Crippen LogP contribution in [0.1, 0.15) is 81.0 Å². The van der Waals surface area contributed by atoms with E-state index in [1.807, 2.05) is 86.3 Å². The molecule has 2 saturated heterocycles. The van der Waals surface area contributed by atoms with E-state index in [2.05, 4.69) is 28.9 Å². The summed E-state index contributed by atoms with van der Waals surface area (Å²) in [6.45, 7) is 11.6. The lowest BCUT2D eigenvalue weighted by molar-refractivity contribution is 0.0124. The van der Waals surface area contributed by atoms with Gasteiger partial charge in [-0.1, -0.05) is 61.9 Å². The number of anilines is 1. The van der Waals surface area contributed by atoms with Crippen LogP contribution in [0.25, 0.3) is 5.65 Å². The fraction of sp³-hybridized carbons (Fsp3) is 0.442. The maximum atomic E-state index is 12.7. The van der Waals surface area contributed by atoms with E-state index in [1.54, 1.807) is 24.9 Å². The van der Waals surface area contributed by atoms with Gasteiger partial charge in [0, 0.05) is 44.8 Å². The monoisotopic (exact) mass is 763 g/mol. The molecule has 2 bridgehead atoms. The average molecular weight is 764 g/mol. The van der Waals surface area contributed by atoms with Gasteiger partial charge in [-0.05, 0) is 80.1 Å². The Morgan fingerprint density at radius 3 is 2.07 bits per heavy atom. The zero-order chi connectivity index (χ0) is 39.4. The van der Waals surface area contributed by atoms with Gasteiger partial charge in [-0.25, -0.2) is 14.3 Å². The van der Waals surface area contributed by atoms with E-state index in [1.165, 1.54) is 0 Å². The summed E-state index contributed by atoms with van der Waals surface area (Å²) in [5, 5.41) is 16.6. The van der Waals surface area contributed by atoms with E-state index in [0.29, 0.717) is 49.4 Å². The Kier molecular flexibility index (Phi) is 11.6. The molecule has 3 aromatic carbocycles. The molecule has 56 heavy (non-hydrogen) atoms. The van der Waals surface area contributed by atoms with Crippen molar-refractivity contribution in [3.05, 3.63) is 107 Å². The Morgan fingerprint density at radius 2 is 1.52 bits per heavy atom. The van der Waals surface area contributed by atoms with Gasteiger partial charge in [-0.15, -0.1) is 5.10 Å². The van der Waals surface area contributed by atoms with Crippen LogP contribution in [0, 0.1) is 0 Å². The van der Waals surface area contributed by atoms with Crippen molar-refractivity contribution in [2.45, 2.75) is 90.4 Å². The number of amides is 1. The summed E-state index contributed by atoms with van der Waals surface area (Å²) in [7, 11) is 3.31. The summed E-state index contributed by atoms with van der Waals surface area (Å²) in [6.07, 6.45) is 3.20. The molecule has 13 nitrogen and oxygen atoms in total. The van der Waals surface area contributed by atoms with Crippen molar-refractivity contribution in [2.24, 2.45) is 0 Å². The third-order valence-electron chi connectivity index (χ3n) is 10.4. The number of methoxy groups -OCH3 is 2. The van der Waals surface area contributed by atoms with Crippen LogP contribution in [0.3, 0.4) is 0 Å². The summed E-state index contributed by atoms with van der Waals surface area (Å²) in [6, 6.07) is 24.6. The second-order valence-electron chi connectivity index (χ2n) is 15.6. The molecule has 13 heteroatoms. The first-order valence-corrected chi connectivity index (χ1v) is 19.4. The summed E-state index contributed by atoms with van der Waals surface area (Å²) in [5.74, 6) is 2.14. The number of aliphatic hydroxyl groups is 1. The number of aromatic nitrogens is 4. The predicted octanol–water partition coefficient (Wildman–Crippen LogP) is 6.80. The minimum atomic E-state index is -1.01. The molecule has 0 radical (unpaired) electrons. The minimum absolute atomic E-state index is 0.164.